The third kappa shape index (κ3) is 5.04. The number of hydrogen-bond acceptors (Lipinski definition) is 7. The van der Waals surface area contributed by atoms with Gasteiger partial charge in [0.25, 0.3) is 0 Å². The van der Waals surface area contributed by atoms with E-state index in [9.17, 15) is 19.5 Å². The van der Waals surface area contributed by atoms with Crippen LogP contribution in [0.5, 0.6) is 0 Å². The van der Waals surface area contributed by atoms with Crippen LogP contribution in [0.4, 0.5) is 0 Å². The molecule has 220 valence electrons. The monoisotopic (exact) mass is 556 g/mol. The van der Waals surface area contributed by atoms with Gasteiger partial charge in [-0.3, -0.25) is 19.3 Å². The van der Waals surface area contributed by atoms with Gasteiger partial charge in [-0.25, -0.2) is 0 Å². The summed E-state index contributed by atoms with van der Waals surface area (Å²) in [6.45, 7) is 8.30. The number of carbonyl (C=O) groups excluding carboxylic acids is 3. The van der Waals surface area contributed by atoms with Gasteiger partial charge >= 0.3 is 0 Å². The van der Waals surface area contributed by atoms with Crippen molar-refractivity contribution in [3.8, 4) is 0 Å². The molecule has 3 N–H and O–H groups in total. The summed E-state index contributed by atoms with van der Waals surface area (Å²) >= 11 is 0. The van der Waals surface area contributed by atoms with E-state index < -0.39 is 35.1 Å². The first-order chi connectivity index (χ1) is 19.4. The van der Waals surface area contributed by atoms with E-state index in [-0.39, 0.29) is 24.3 Å². The molecular formula is C30H44N4O6. The highest BCUT2D eigenvalue weighted by Gasteiger charge is 2.79. The van der Waals surface area contributed by atoms with Crippen LogP contribution in [0.1, 0.15) is 45.1 Å². The van der Waals surface area contributed by atoms with E-state index in [0.717, 1.165) is 25.1 Å². The van der Waals surface area contributed by atoms with Gasteiger partial charge in [-0.05, 0) is 37.7 Å². The molecule has 3 amide bonds. The molecule has 0 aliphatic carbocycles. The molecule has 40 heavy (non-hydrogen) atoms. The third-order valence-electron chi connectivity index (χ3n) is 9.45. The van der Waals surface area contributed by atoms with E-state index in [2.05, 4.69) is 15.5 Å². The van der Waals surface area contributed by atoms with Gasteiger partial charge in [-0.15, -0.1) is 0 Å². The van der Waals surface area contributed by atoms with Crippen LogP contribution in [-0.4, -0.2) is 108 Å². The number of morpholine rings is 1. The van der Waals surface area contributed by atoms with E-state index in [1.807, 2.05) is 44.2 Å². The van der Waals surface area contributed by atoms with E-state index in [1.165, 1.54) is 0 Å². The number of ether oxygens (including phenoxy) is 2. The molecule has 1 aromatic carbocycles. The summed E-state index contributed by atoms with van der Waals surface area (Å²) in [5.41, 5.74) is -0.915. The Labute approximate surface area is 236 Å². The Bertz CT molecular complexity index is 1070. The first-order valence-electron chi connectivity index (χ1n) is 14.9. The van der Waals surface area contributed by atoms with E-state index in [1.54, 1.807) is 4.90 Å². The molecular weight excluding hydrogens is 512 g/mol. The molecule has 4 aliphatic rings. The molecule has 2 unspecified atom stereocenters. The number of rotatable bonds is 12. The van der Waals surface area contributed by atoms with Crippen LogP contribution in [0.15, 0.2) is 30.3 Å². The van der Waals surface area contributed by atoms with Crippen LogP contribution in [-0.2, 0) is 30.3 Å². The number of benzene rings is 1. The minimum Gasteiger partial charge on any atom is -0.394 e. The van der Waals surface area contributed by atoms with Gasteiger partial charge in [-0.1, -0.05) is 44.2 Å². The van der Waals surface area contributed by atoms with Crippen molar-refractivity contribution in [2.75, 3.05) is 52.5 Å². The lowest BCUT2D eigenvalue weighted by Crippen LogP contribution is -2.59. The zero-order valence-electron chi connectivity index (χ0n) is 23.8. The number of fused-ring (bicyclic) bond motifs is 1. The average Bonchev–Trinajstić information content (AvgIpc) is 3.59. The highest BCUT2D eigenvalue weighted by atomic mass is 16.5. The summed E-state index contributed by atoms with van der Waals surface area (Å²) in [5.74, 6) is -2.17. The maximum Gasteiger partial charge on any atom is 0.245 e. The lowest BCUT2D eigenvalue weighted by Gasteiger charge is -2.37. The van der Waals surface area contributed by atoms with Crippen LogP contribution in [0.3, 0.4) is 0 Å². The topological polar surface area (TPSA) is 120 Å². The minimum absolute atomic E-state index is 0.180. The molecule has 4 fully saturated rings. The lowest BCUT2D eigenvalue weighted by molar-refractivity contribution is -0.151. The van der Waals surface area contributed by atoms with Gasteiger partial charge in [0.15, 0.2) is 0 Å². The van der Waals surface area contributed by atoms with E-state index in [4.69, 9.17) is 9.47 Å². The van der Waals surface area contributed by atoms with Gasteiger partial charge in [-0.2, -0.15) is 0 Å². The van der Waals surface area contributed by atoms with Crippen LogP contribution in [0.2, 0.25) is 0 Å². The van der Waals surface area contributed by atoms with Crippen LogP contribution in [0, 0.1) is 11.8 Å². The Hall–Kier alpha value is -2.53. The third-order valence-corrected chi connectivity index (χ3v) is 9.45. The van der Waals surface area contributed by atoms with Gasteiger partial charge in [0.1, 0.15) is 11.6 Å². The second-order valence-electron chi connectivity index (χ2n) is 11.6. The summed E-state index contributed by atoms with van der Waals surface area (Å²) in [7, 11) is 0. The predicted molar refractivity (Wildman–Crippen MR) is 148 cm³/mol. The predicted octanol–water partition coefficient (Wildman–Crippen LogP) is 0.719. The Balaban J connectivity index is 1.46. The molecule has 4 saturated heterocycles. The molecule has 1 spiro atoms. The molecule has 4 aliphatic heterocycles. The van der Waals surface area contributed by atoms with Gasteiger partial charge in [0.05, 0.1) is 43.3 Å². The average molecular weight is 557 g/mol. The fourth-order valence-electron chi connectivity index (χ4n) is 7.50. The highest BCUT2D eigenvalue weighted by molar-refractivity contribution is 5.99. The fourth-order valence-corrected chi connectivity index (χ4v) is 7.50. The number of aliphatic hydroxyl groups is 1. The number of carbonyl (C=O) groups is 3. The molecule has 10 heteroatoms. The molecule has 10 nitrogen and oxygen atoms in total. The van der Waals surface area contributed by atoms with Crippen molar-refractivity contribution < 1.29 is 29.0 Å². The van der Waals surface area contributed by atoms with Crippen LogP contribution in [0.25, 0.3) is 0 Å². The normalized spacial score (nSPS) is 32.2. The zero-order valence-corrected chi connectivity index (χ0v) is 23.8. The Morgan fingerprint density at radius 1 is 1.07 bits per heavy atom. The zero-order chi connectivity index (χ0) is 28.3. The number of amides is 3. The molecule has 4 heterocycles. The number of nitrogens with zero attached hydrogens (tertiary/aromatic N) is 2. The van der Waals surface area contributed by atoms with Crippen molar-refractivity contribution in [3.63, 3.8) is 0 Å². The van der Waals surface area contributed by atoms with E-state index >= 15 is 0 Å². The first kappa shape index (κ1) is 29.0. The molecule has 0 radical (unpaired) electrons. The summed E-state index contributed by atoms with van der Waals surface area (Å²) < 4.78 is 12.2. The summed E-state index contributed by atoms with van der Waals surface area (Å²) in [6, 6.07) is 8.12. The number of likely N-dealkylation sites (tertiary alicyclic amines) is 1. The summed E-state index contributed by atoms with van der Waals surface area (Å²) in [4.78, 5) is 45.9. The Kier molecular flexibility index (Phi) is 8.80. The Morgan fingerprint density at radius 3 is 2.48 bits per heavy atom. The van der Waals surface area contributed by atoms with Gasteiger partial charge in [0, 0.05) is 32.7 Å². The summed E-state index contributed by atoms with van der Waals surface area (Å²) in [5, 5.41) is 16.7. The fraction of sp³-hybridized carbons (Fsp3) is 0.700. The van der Waals surface area contributed by atoms with Crippen molar-refractivity contribution in [2.45, 2.75) is 69.2 Å². The van der Waals surface area contributed by atoms with Crippen LogP contribution < -0.4 is 10.6 Å². The van der Waals surface area contributed by atoms with Crippen molar-refractivity contribution in [2.24, 2.45) is 11.8 Å². The second kappa shape index (κ2) is 12.1. The molecule has 1 aromatic rings. The second-order valence-corrected chi connectivity index (χ2v) is 11.6. The molecule has 0 aromatic heterocycles. The number of hydrogen-bond donors (Lipinski definition) is 3. The van der Waals surface area contributed by atoms with Crippen molar-refractivity contribution in [1.29, 1.82) is 0 Å². The maximum atomic E-state index is 14.4. The lowest BCUT2D eigenvalue weighted by atomic mass is 9.65. The molecule has 2 bridgehead atoms. The maximum absolute atomic E-state index is 14.4. The highest BCUT2D eigenvalue weighted by Crippen LogP contribution is 2.64. The minimum atomic E-state index is -1.10. The number of nitrogens with one attached hydrogen (secondary N) is 2. The number of aliphatic hydroxyl groups excluding tert-OH is 1. The quantitative estimate of drug-likeness (QED) is 0.347. The smallest absolute Gasteiger partial charge is 0.245 e. The van der Waals surface area contributed by atoms with Gasteiger partial charge in [0.2, 0.25) is 17.7 Å². The SMILES string of the molecule is CCCNC(=O)[C@@H]1[C@H]2C(=O)N([C@@H](CO)Cc3ccccc3)C(C(=O)NCCN3CCOCC3)C23CC[C@@]1(CC)O3. The first-order valence-corrected chi connectivity index (χ1v) is 14.9. The van der Waals surface area contributed by atoms with Crippen molar-refractivity contribution in [3.05, 3.63) is 35.9 Å². The van der Waals surface area contributed by atoms with Crippen LogP contribution >= 0.6 is 0 Å². The molecule has 6 atom stereocenters. The molecule has 0 saturated carbocycles. The van der Waals surface area contributed by atoms with Crippen molar-refractivity contribution >= 4 is 17.7 Å². The summed E-state index contributed by atoms with van der Waals surface area (Å²) in [6.07, 6.45) is 2.91. The molecule has 5 rings (SSSR count). The Morgan fingerprint density at radius 2 is 1.80 bits per heavy atom. The largest absolute Gasteiger partial charge is 0.394 e. The standard InChI is InChI=1S/C30H44N4O6/c1-3-12-31-26(36)23-24-28(38)34(22(20-35)19-21-8-6-5-7-9-21)25(30(24)11-10-29(23,4-2)40-30)27(37)32-13-14-33-15-17-39-18-16-33/h5-9,22-25,35H,3-4,10-20H2,1-2H3,(H,31,36)(H,32,37)/t22-,23+,24+,25?,29-,30?/m1/s1. The van der Waals surface area contributed by atoms with E-state index in [0.29, 0.717) is 58.5 Å². The van der Waals surface area contributed by atoms with Gasteiger partial charge < -0.3 is 30.1 Å². The van der Waals surface area contributed by atoms with Crippen molar-refractivity contribution in [1.82, 2.24) is 20.4 Å².